The minimum absolute atomic E-state index is 0.298. The zero-order chi connectivity index (χ0) is 18.7. The Hall–Kier alpha value is -0.550. The van der Waals surface area contributed by atoms with E-state index in [0.29, 0.717) is 12.0 Å². The zero-order valence-electron chi connectivity index (χ0n) is 17.7. The molecule has 0 aromatic rings. The van der Waals surface area contributed by atoms with Gasteiger partial charge in [0.2, 0.25) is 0 Å². The molecule has 0 aromatic carbocycles. The molecule has 1 saturated heterocycles. The highest BCUT2D eigenvalue weighted by atomic mass is 16.5. The SMILES string of the molecule is CCCCCCCCCC(C#N)CCCCCC1CCCCCCCO1. The summed E-state index contributed by atoms with van der Waals surface area (Å²) < 4.78 is 6.06. The summed E-state index contributed by atoms with van der Waals surface area (Å²) in [6.45, 7) is 3.24. The van der Waals surface area contributed by atoms with Gasteiger partial charge in [0.25, 0.3) is 0 Å². The lowest BCUT2D eigenvalue weighted by Crippen LogP contribution is -2.13. The van der Waals surface area contributed by atoms with Crippen molar-refractivity contribution < 1.29 is 4.74 Å². The van der Waals surface area contributed by atoms with Crippen LogP contribution in [0.15, 0.2) is 0 Å². The first-order valence-corrected chi connectivity index (χ1v) is 11.9. The fourth-order valence-electron chi connectivity index (χ4n) is 4.13. The lowest BCUT2D eigenvalue weighted by Gasteiger charge is -2.17. The van der Waals surface area contributed by atoms with Gasteiger partial charge in [-0.05, 0) is 32.1 Å². The average molecular weight is 364 g/mol. The van der Waals surface area contributed by atoms with Gasteiger partial charge >= 0.3 is 0 Å². The number of hydrogen-bond acceptors (Lipinski definition) is 2. The van der Waals surface area contributed by atoms with Gasteiger partial charge in [0, 0.05) is 12.5 Å². The lowest BCUT2D eigenvalue weighted by atomic mass is 9.95. The van der Waals surface area contributed by atoms with Crippen LogP contribution >= 0.6 is 0 Å². The molecule has 0 saturated carbocycles. The summed E-state index contributed by atoms with van der Waals surface area (Å²) in [5, 5.41) is 9.37. The van der Waals surface area contributed by atoms with E-state index in [-0.39, 0.29) is 0 Å². The molecule has 0 radical (unpaired) electrons. The number of hydrogen-bond donors (Lipinski definition) is 0. The quantitative estimate of drug-likeness (QED) is 0.293. The standard InChI is InChI=1S/C24H45NO/c1-2-3-4-5-6-8-12-17-23(22-25)18-13-11-15-20-24-19-14-9-7-10-16-21-26-24/h23-24H,2-21H2,1H3. The van der Waals surface area contributed by atoms with Crippen molar-refractivity contribution in [2.24, 2.45) is 5.92 Å². The molecule has 2 atom stereocenters. The van der Waals surface area contributed by atoms with Crippen LogP contribution in [0.5, 0.6) is 0 Å². The van der Waals surface area contributed by atoms with Gasteiger partial charge in [-0.3, -0.25) is 0 Å². The van der Waals surface area contributed by atoms with Crippen molar-refractivity contribution in [1.82, 2.24) is 0 Å². The monoisotopic (exact) mass is 363 g/mol. The molecule has 0 aliphatic carbocycles. The third-order valence-corrected chi connectivity index (χ3v) is 5.94. The topological polar surface area (TPSA) is 33.0 Å². The van der Waals surface area contributed by atoms with Crippen LogP contribution < -0.4 is 0 Å². The fourth-order valence-corrected chi connectivity index (χ4v) is 4.13. The Morgan fingerprint density at radius 2 is 1.42 bits per heavy atom. The van der Waals surface area contributed by atoms with E-state index in [2.05, 4.69) is 13.0 Å². The van der Waals surface area contributed by atoms with Gasteiger partial charge in [-0.1, -0.05) is 96.8 Å². The molecule has 2 unspecified atom stereocenters. The molecule has 1 aliphatic rings. The third-order valence-electron chi connectivity index (χ3n) is 5.94. The fraction of sp³-hybridized carbons (Fsp3) is 0.958. The van der Waals surface area contributed by atoms with Crippen LogP contribution in [-0.2, 0) is 4.74 Å². The van der Waals surface area contributed by atoms with Gasteiger partial charge < -0.3 is 4.74 Å². The third kappa shape index (κ3) is 13.6. The van der Waals surface area contributed by atoms with E-state index in [1.54, 1.807) is 0 Å². The predicted octanol–water partition coefficient (Wildman–Crippen LogP) is 7.96. The highest BCUT2D eigenvalue weighted by Crippen LogP contribution is 2.21. The van der Waals surface area contributed by atoms with Gasteiger partial charge in [-0.25, -0.2) is 0 Å². The molecule has 152 valence electrons. The van der Waals surface area contributed by atoms with Gasteiger partial charge in [0.05, 0.1) is 12.2 Å². The summed E-state index contributed by atoms with van der Waals surface area (Å²) in [5.74, 6) is 0.298. The first-order chi connectivity index (χ1) is 12.9. The first-order valence-electron chi connectivity index (χ1n) is 11.9. The summed E-state index contributed by atoms with van der Waals surface area (Å²) in [7, 11) is 0. The number of unbranched alkanes of at least 4 members (excludes halogenated alkanes) is 8. The second-order valence-electron chi connectivity index (χ2n) is 8.42. The van der Waals surface area contributed by atoms with E-state index >= 15 is 0 Å². The number of nitriles is 1. The molecular weight excluding hydrogens is 318 g/mol. The number of ether oxygens (including phenoxy) is 1. The van der Waals surface area contributed by atoms with Crippen molar-refractivity contribution >= 4 is 0 Å². The normalized spacial score (nSPS) is 19.9. The molecule has 2 nitrogen and oxygen atoms in total. The maximum absolute atomic E-state index is 9.37. The molecule has 1 fully saturated rings. The van der Waals surface area contributed by atoms with Gasteiger partial charge in [0.1, 0.15) is 0 Å². The molecule has 1 aliphatic heterocycles. The molecule has 1 rings (SSSR count). The van der Waals surface area contributed by atoms with Crippen LogP contribution in [0.3, 0.4) is 0 Å². The predicted molar refractivity (Wildman–Crippen MR) is 112 cm³/mol. The molecule has 1 heterocycles. The molecule has 0 aromatic heterocycles. The Morgan fingerprint density at radius 1 is 0.808 bits per heavy atom. The Kier molecular flexibility index (Phi) is 16.1. The Balaban J connectivity index is 1.97. The molecule has 0 N–H and O–H groups in total. The summed E-state index contributed by atoms with van der Waals surface area (Å²) in [6, 6.07) is 2.55. The van der Waals surface area contributed by atoms with Gasteiger partial charge in [-0.2, -0.15) is 5.26 Å². The molecule has 2 heteroatoms. The number of rotatable bonds is 14. The van der Waals surface area contributed by atoms with Crippen molar-refractivity contribution in [2.75, 3.05) is 6.61 Å². The van der Waals surface area contributed by atoms with E-state index in [4.69, 9.17) is 4.74 Å². The Morgan fingerprint density at radius 3 is 2.15 bits per heavy atom. The van der Waals surface area contributed by atoms with Crippen LogP contribution in [0.4, 0.5) is 0 Å². The highest BCUT2D eigenvalue weighted by Gasteiger charge is 2.11. The molecule has 0 bridgehead atoms. The van der Waals surface area contributed by atoms with E-state index in [0.717, 1.165) is 19.4 Å². The molecule has 0 amide bonds. The average Bonchev–Trinajstić information content (AvgIpc) is 2.79. The van der Waals surface area contributed by atoms with Crippen molar-refractivity contribution in [3.63, 3.8) is 0 Å². The first kappa shape index (κ1) is 23.5. The van der Waals surface area contributed by atoms with Crippen LogP contribution in [0, 0.1) is 17.2 Å². The summed E-state index contributed by atoms with van der Waals surface area (Å²) in [6.07, 6.45) is 25.1. The van der Waals surface area contributed by atoms with Crippen LogP contribution in [0.25, 0.3) is 0 Å². The highest BCUT2D eigenvalue weighted by molar-refractivity contribution is 4.82. The lowest BCUT2D eigenvalue weighted by molar-refractivity contribution is 0.0395. The van der Waals surface area contributed by atoms with Gasteiger partial charge in [0.15, 0.2) is 0 Å². The minimum Gasteiger partial charge on any atom is -0.378 e. The van der Waals surface area contributed by atoms with Gasteiger partial charge in [-0.15, -0.1) is 0 Å². The van der Waals surface area contributed by atoms with Crippen molar-refractivity contribution in [3.8, 4) is 6.07 Å². The van der Waals surface area contributed by atoms with Crippen LogP contribution in [0.2, 0.25) is 0 Å². The second kappa shape index (κ2) is 17.8. The largest absolute Gasteiger partial charge is 0.378 e. The summed E-state index contributed by atoms with van der Waals surface area (Å²) >= 11 is 0. The van der Waals surface area contributed by atoms with Crippen molar-refractivity contribution in [2.45, 2.75) is 135 Å². The molecule has 26 heavy (non-hydrogen) atoms. The van der Waals surface area contributed by atoms with E-state index < -0.39 is 0 Å². The maximum atomic E-state index is 9.37. The van der Waals surface area contributed by atoms with Crippen LogP contribution in [-0.4, -0.2) is 12.7 Å². The molecule has 0 spiro atoms. The van der Waals surface area contributed by atoms with Crippen molar-refractivity contribution in [3.05, 3.63) is 0 Å². The smallest absolute Gasteiger partial charge is 0.0655 e. The maximum Gasteiger partial charge on any atom is 0.0655 e. The van der Waals surface area contributed by atoms with E-state index in [1.165, 1.54) is 109 Å². The van der Waals surface area contributed by atoms with E-state index in [9.17, 15) is 5.26 Å². The number of nitrogens with zero attached hydrogens (tertiary/aromatic N) is 1. The van der Waals surface area contributed by atoms with Crippen molar-refractivity contribution in [1.29, 1.82) is 5.26 Å². The Labute approximate surface area is 164 Å². The second-order valence-corrected chi connectivity index (χ2v) is 8.42. The van der Waals surface area contributed by atoms with Crippen LogP contribution in [0.1, 0.15) is 129 Å². The molecular formula is C24H45NO. The minimum atomic E-state index is 0.298. The Bertz CT molecular complexity index is 326. The van der Waals surface area contributed by atoms with E-state index in [1.807, 2.05) is 0 Å². The summed E-state index contributed by atoms with van der Waals surface area (Å²) in [5.41, 5.74) is 0. The zero-order valence-corrected chi connectivity index (χ0v) is 17.7. The summed E-state index contributed by atoms with van der Waals surface area (Å²) in [4.78, 5) is 0.